The van der Waals surface area contributed by atoms with Gasteiger partial charge >= 0.3 is 0 Å². The van der Waals surface area contributed by atoms with E-state index < -0.39 is 0 Å². The molecule has 4 nitrogen and oxygen atoms in total. The lowest BCUT2D eigenvalue weighted by molar-refractivity contribution is -0.136. The lowest BCUT2D eigenvalue weighted by Crippen LogP contribution is -2.51. The molecule has 5 heteroatoms. The molecule has 2 N–H and O–H groups in total. The van der Waals surface area contributed by atoms with Crippen molar-refractivity contribution < 1.29 is 9.90 Å². The van der Waals surface area contributed by atoms with Crippen LogP contribution in [0.15, 0.2) is 0 Å². The van der Waals surface area contributed by atoms with Crippen molar-refractivity contribution in [3.8, 4) is 0 Å². The van der Waals surface area contributed by atoms with Crippen molar-refractivity contribution in [2.75, 3.05) is 24.7 Å². The average Bonchev–Trinajstić information content (AvgIpc) is 2.74. The number of thioether (sulfide) groups is 1. The van der Waals surface area contributed by atoms with Gasteiger partial charge < -0.3 is 10.0 Å². The Morgan fingerprint density at radius 3 is 3.00 bits per heavy atom. The summed E-state index contributed by atoms with van der Waals surface area (Å²) < 4.78 is 0. The molecule has 2 saturated heterocycles. The standard InChI is InChI=1S/C10H18N2O2S/c1-7-4-12(3-2-9(7)13)10(14)8-5-15-6-11-8/h7-9,11,13H,2-6H2,1H3. The van der Waals surface area contributed by atoms with E-state index in [4.69, 9.17) is 0 Å². The molecular formula is C10H18N2O2S. The molecule has 2 rings (SSSR count). The number of rotatable bonds is 1. The number of piperidine rings is 1. The van der Waals surface area contributed by atoms with Crippen LogP contribution in [-0.2, 0) is 4.79 Å². The summed E-state index contributed by atoms with van der Waals surface area (Å²) in [7, 11) is 0. The zero-order valence-corrected chi connectivity index (χ0v) is 9.80. The molecule has 0 bridgehead atoms. The minimum Gasteiger partial charge on any atom is -0.393 e. The van der Waals surface area contributed by atoms with Gasteiger partial charge in [0, 0.05) is 24.7 Å². The first kappa shape index (κ1) is 11.2. The van der Waals surface area contributed by atoms with Crippen LogP contribution in [0.5, 0.6) is 0 Å². The van der Waals surface area contributed by atoms with Gasteiger partial charge in [-0.3, -0.25) is 10.1 Å². The lowest BCUT2D eigenvalue weighted by Gasteiger charge is -2.35. The molecule has 2 aliphatic rings. The number of amides is 1. The normalized spacial score (nSPS) is 36.9. The smallest absolute Gasteiger partial charge is 0.240 e. The van der Waals surface area contributed by atoms with E-state index in [-0.39, 0.29) is 24.0 Å². The summed E-state index contributed by atoms with van der Waals surface area (Å²) >= 11 is 1.77. The molecule has 0 aromatic heterocycles. The minimum absolute atomic E-state index is 0.00237. The van der Waals surface area contributed by atoms with Gasteiger partial charge in [-0.25, -0.2) is 0 Å². The van der Waals surface area contributed by atoms with Gasteiger partial charge in [0.15, 0.2) is 0 Å². The summed E-state index contributed by atoms with van der Waals surface area (Å²) in [5.41, 5.74) is 0. The Bertz CT molecular complexity index is 244. The summed E-state index contributed by atoms with van der Waals surface area (Å²) in [6.45, 7) is 3.40. The molecule has 86 valence electrons. The van der Waals surface area contributed by atoms with Crippen LogP contribution in [0.25, 0.3) is 0 Å². The molecule has 2 aliphatic heterocycles. The molecule has 3 atom stereocenters. The maximum Gasteiger partial charge on any atom is 0.240 e. The van der Waals surface area contributed by atoms with Crippen molar-refractivity contribution in [3.63, 3.8) is 0 Å². The van der Waals surface area contributed by atoms with Crippen LogP contribution in [0.1, 0.15) is 13.3 Å². The van der Waals surface area contributed by atoms with Crippen molar-refractivity contribution in [2.24, 2.45) is 5.92 Å². The lowest BCUT2D eigenvalue weighted by atomic mass is 9.96. The Balaban J connectivity index is 1.90. The first-order chi connectivity index (χ1) is 7.18. The van der Waals surface area contributed by atoms with Crippen molar-refractivity contribution >= 4 is 17.7 Å². The summed E-state index contributed by atoms with van der Waals surface area (Å²) in [4.78, 5) is 13.9. The predicted octanol–water partition coefficient (Wildman–Crippen LogP) is -0.122. The predicted molar refractivity (Wildman–Crippen MR) is 60.6 cm³/mol. The number of aliphatic hydroxyl groups excluding tert-OH is 1. The first-order valence-electron chi connectivity index (χ1n) is 5.46. The van der Waals surface area contributed by atoms with E-state index >= 15 is 0 Å². The molecule has 15 heavy (non-hydrogen) atoms. The van der Waals surface area contributed by atoms with Gasteiger partial charge in [0.1, 0.15) is 0 Å². The van der Waals surface area contributed by atoms with Crippen LogP contribution in [-0.4, -0.2) is 52.8 Å². The van der Waals surface area contributed by atoms with Crippen LogP contribution in [0.4, 0.5) is 0 Å². The highest BCUT2D eigenvalue weighted by molar-refractivity contribution is 7.99. The Labute approximate surface area is 94.4 Å². The first-order valence-corrected chi connectivity index (χ1v) is 6.62. The van der Waals surface area contributed by atoms with E-state index in [9.17, 15) is 9.90 Å². The number of carbonyl (C=O) groups is 1. The second kappa shape index (κ2) is 4.72. The van der Waals surface area contributed by atoms with Gasteiger partial charge in [-0.05, 0) is 12.3 Å². The number of nitrogens with zero attached hydrogens (tertiary/aromatic N) is 1. The van der Waals surface area contributed by atoms with Crippen molar-refractivity contribution in [1.29, 1.82) is 0 Å². The average molecular weight is 230 g/mol. The van der Waals surface area contributed by atoms with Crippen molar-refractivity contribution in [3.05, 3.63) is 0 Å². The topological polar surface area (TPSA) is 52.6 Å². The molecule has 0 saturated carbocycles. The summed E-state index contributed by atoms with van der Waals surface area (Å²) in [5.74, 6) is 2.17. The van der Waals surface area contributed by atoms with Crippen LogP contribution < -0.4 is 5.32 Å². The van der Waals surface area contributed by atoms with E-state index in [1.54, 1.807) is 11.8 Å². The third-order valence-electron chi connectivity index (χ3n) is 3.19. The second-order valence-corrected chi connectivity index (χ2v) is 5.42. The van der Waals surface area contributed by atoms with Gasteiger partial charge in [-0.2, -0.15) is 0 Å². The molecule has 2 fully saturated rings. The highest BCUT2D eigenvalue weighted by atomic mass is 32.2. The number of hydrogen-bond donors (Lipinski definition) is 2. The molecular weight excluding hydrogens is 212 g/mol. The summed E-state index contributed by atoms with van der Waals surface area (Å²) in [6.07, 6.45) is 0.479. The van der Waals surface area contributed by atoms with E-state index in [2.05, 4.69) is 5.32 Å². The highest BCUT2D eigenvalue weighted by Gasteiger charge is 2.32. The van der Waals surface area contributed by atoms with Crippen LogP contribution in [0.2, 0.25) is 0 Å². The maximum absolute atomic E-state index is 12.0. The Hall–Kier alpha value is -0.260. The zero-order valence-electron chi connectivity index (χ0n) is 8.98. The number of carbonyl (C=O) groups excluding carboxylic acids is 1. The third kappa shape index (κ3) is 2.46. The third-order valence-corrected chi connectivity index (χ3v) is 4.13. The fourth-order valence-corrected chi connectivity index (χ4v) is 3.04. The number of nitrogens with one attached hydrogen (secondary N) is 1. The minimum atomic E-state index is -0.236. The Kier molecular flexibility index (Phi) is 3.53. The summed E-state index contributed by atoms with van der Waals surface area (Å²) in [5, 5.41) is 12.8. The van der Waals surface area contributed by atoms with Crippen molar-refractivity contribution in [2.45, 2.75) is 25.5 Å². The summed E-state index contributed by atoms with van der Waals surface area (Å²) in [6, 6.07) is -0.00237. The van der Waals surface area contributed by atoms with Crippen LogP contribution in [0.3, 0.4) is 0 Å². The van der Waals surface area contributed by atoms with E-state index in [1.807, 2.05) is 11.8 Å². The number of aliphatic hydroxyl groups is 1. The molecule has 0 aromatic rings. The van der Waals surface area contributed by atoms with Gasteiger partial charge in [0.2, 0.25) is 5.91 Å². The molecule has 3 unspecified atom stereocenters. The van der Waals surface area contributed by atoms with Crippen molar-refractivity contribution in [1.82, 2.24) is 10.2 Å². The molecule has 1 amide bonds. The number of likely N-dealkylation sites (tertiary alicyclic amines) is 1. The highest BCUT2D eigenvalue weighted by Crippen LogP contribution is 2.19. The molecule has 0 aromatic carbocycles. The van der Waals surface area contributed by atoms with Gasteiger partial charge in [0.25, 0.3) is 0 Å². The molecule has 0 aliphatic carbocycles. The molecule has 2 heterocycles. The fraction of sp³-hybridized carbons (Fsp3) is 0.900. The van der Waals surface area contributed by atoms with Crippen LogP contribution in [0, 0.1) is 5.92 Å². The Morgan fingerprint density at radius 2 is 2.40 bits per heavy atom. The Morgan fingerprint density at radius 1 is 1.60 bits per heavy atom. The maximum atomic E-state index is 12.0. The fourth-order valence-electron chi connectivity index (χ4n) is 2.11. The molecule has 0 radical (unpaired) electrons. The van der Waals surface area contributed by atoms with Gasteiger partial charge in [-0.15, -0.1) is 11.8 Å². The monoisotopic (exact) mass is 230 g/mol. The SMILES string of the molecule is CC1CN(C(=O)C2CSCN2)CCC1O. The molecule has 0 spiro atoms. The van der Waals surface area contributed by atoms with E-state index in [1.165, 1.54) is 0 Å². The number of hydrogen-bond acceptors (Lipinski definition) is 4. The van der Waals surface area contributed by atoms with Gasteiger partial charge in [-0.1, -0.05) is 6.92 Å². The zero-order chi connectivity index (χ0) is 10.8. The largest absolute Gasteiger partial charge is 0.393 e. The van der Waals surface area contributed by atoms with Gasteiger partial charge in [0.05, 0.1) is 12.1 Å². The van der Waals surface area contributed by atoms with E-state index in [0.717, 1.165) is 11.6 Å². The van der Waals surface area contributed by atoms with Crippen LogP contribution >= 0.6 is 11.8 Å². The quantitative estimate of drug-likeness (QED) is 0.659. The second-order valence-electron chi connectivity index (χ2n) is 4.39. The van der Waals surface area contributed by atoms with E-state index in [0.29, 0.717) is 19.5 Å².